The van der Waals surface area contributed by atoms with Crippen molar-refractivity contribution in [3.05, 3.63) is 18.0 Å². The topological polar surface area (TPSA) is 70.6 Å². The second-order valence-electron chi connectivity index (χ2n) is 5.15. The zero-order valence-corrected chi connectivity index (χ0v) is 13.4. The van der Waals surface area contributed by atoms with Gasteiger partial charge in [-0.1, -0.05) is 0 Å². The molecule has 2 heterocycles. The number of ether oxygens (including phenoxy) is 1. The van der Waals surface area contributed by atoms with Crippen LogP contribution < -0.4 is 10.2 Å². The molecule has 0 bridgehead atoms. The van der Waals surface area contributed by atoms with Crippen LogP contribution in [0.2, 0.25) is 0 Å². The molecule has 1 fully saturated rings. The Morgan fingerprint density at radius 3 is 2.50 bits per heavy atom. The Bertz CT molecular complexity index is 456. The molecule has 2 rings (SSSR count). The number of rotatable bonds is 7. The number of anilines is 1. The first-order chi connectivity index (χ1) is 10.7. The molecule has 1 amide bonds. The molecule has 7 heteroatoms. The third kappa shape index (κ3) is 4.64. The van der Waals surface area contributed by atoms with Crippen LogP contribution in [0.5, 0.6) is 0 Å². The Balaban J connectivity index is 1.79. The normalized spacial score (nSPS) is 15.5. The summed E-state index contributed by atoms with van der Waals surface area (Å²) in [5, 5.41) is 2.91. The van der Waals surface area contributed by atoms with Crippen LogP contribution >= 0.6 is 0 Å². The van der Waals surface area contributed by atoms with Gasteiger partial charge in [0.05, 0.1) is 18.8 Å². The van der Waals surface area contributed by atoms with E-state index in [0.717, 1.165) is 45.9 Å². The summed E-state index contributed by atoms with van der Waals surface area (Å²) >= 11 is 0. The SMILES string of the molecule is CCN(CC)c1ncc(C(=O)NCCN2CCOCC2)cn1. The Kier molecular flexibility index (Phi) is 6.54. The lowest BCUT2D eigenvalue weighted by Gasteiger charge is -2.26. The van der Waals surface area contributed by atoms with E-state index in [1.54, 1.807) is 12.4 Å². The van der Waals surface area contributed by atoms with Crippen LogP contribution in [0, 0.1) is 0 Å². The van der Waals surface area contributed by atoms with Gasteiger partial charge in [0.25, 0.3) is 5.91 Å². The molecule has 1 N–H and O–H groups in total. The van der Waals surface area contributed by atoms with Crippen LogP contribution in [0.3, 0.4) is 0 Å². The molecular weight excluding hydrogens is 282 g/mol. The van der Waals surface area contributed by atoms with Gasteiger partial charge in [0.2, 0.25) is 5.95 Å². The molecule has 7 nitrogen and oxygen atoms in total. The van der Waals surface area contributed by atoms with Gasteiger partial charge in [-0.3, -0.25) is 9.69 Å². The summed E-state index contributed by atoms with van der Waals surface area (Å²) in [4.78, 5) is 24.9. The summed E-state index contributed by atoms with van der Waals surface area (Å²) < 4.78 is 5.30. The van der Waals surface area contributed by atoms with E-state index in [1.165, 1.54) is 0 Å². The predicted octanol–water partition coefficient (Wildman–Crippen LogP) is 0.385. The number of hydrogen-bond acceptors (Lipinski definition) is 6. The van der Waals surface area contributed by atoms with E-state index in [1.807, 2.05) is 4.90 Å². The number of carbonyl (C=O) groups excluding carboxylic acids is 1. The van der Waals surface area contributed by atoms with Gasteiger partial charge in [0, 0.05) is 51.7 Å². The highest BCUT2D eigenvalue weighted by molar-refractivity contribution is 5.93. The highest BCUT2D eigenvalue weighted by Gasteiger charge is 2.12. The first-order valence-corrected chi connectivity index (χ1v) is 7.89. The number of amides is 1. The number of nitrogens with zero attached hydrogens (tertiary/aromatic N) is 4. The number of carbonyl (C=O) groups is 1. The molecule has 1 saturated heterocycles. The molecule has 0 atom stereocenters. The van der Waals surface area contributed by atoms with Crippen LogP contribution in [-0.4, -0.2) is 73.3 Å². The van der Waals surface area contributed by atoms with E-state index < -0.39 is 0 Å². The summed E-state index contributed by atoms with van der Waals surface area (Å²) in [6.45, 7) is 10.7. The maximum atomic E-state index is 12.1. The second-order valence-corrected chi connectivity index (χ2v) is 5.15. The Morgan fingerprint density at radius 2 is 1.91 bits per heavy atom. The molecule has 0 radical (unpaired) electrons. The minimum atomic E-state index is -0.126. The Hall–Kier alpha value is -1.73. The monoisotopic (exact) mass is 307 g/mol. The molecule has 0 unspecified atom stereocenters. The quantitative estimate of drug-likeness (QED) is 0.785. The van der Waals surface area contributed by atoms with E-state index in [-0.39, 0.29) is 5.91 Å². The summed E-state index contributed by atoms with van der Waals surface area (Å²) in [7, 11) is 0. The second kappa shape index (κ2) is 8.65. The fraction of sp³-hybridized carbons (Fsp3) is 0.667. The van der Waals surface area contributed by atoms with Crippen molar-refractivity contribution in [3.63, 3.8) is 0 Å². The Morgan fingerprint density at radius 1 is 1.27 bits per heavy atom. The number of nitrogens with one attached hydrogen (secondary N) is 1. The van der Waals surface area contributed by atoms with Crippen molar-refractivity contribution in [1.29, 1.82) is 0 Å². The molecule has 122 valence electrons. The van der Waals surface area contributed by atoms with Crippen LogP contribution in [0.1, 0.15) is 24.2 Å². The van der Waals surface area contributed by atoms with Gasteiger partial charge in [0.15, 0.2) is 0 Å². The van der Waals surface area contributed by atoms with Crippen molar-refractivity contribution in [2.45, 2.75) is 13.8 Å². The summed E-state index contributed by atoms with van der Waals surface area (Å²) in [5.41, 5.74) is 0.498. The maximum Gasteiger partial charge on any atom is 0.254 e. The maximum absolute atomic E-state index is 12.1. The van der Waals surface area contributed by atoms with Crippen LogP contribution in [0.15, 0.2) is 12.4 Å². The van der Waals surface area contributed by atoms with Crippen LogP contribution in [-0.2, 0) is 4.74 Å². The highest BCUT2D eigenvalue weighted by atomic mass is 16.5. The number of hydrogen-bond donors (Lipinski definition) is 1. The average molecular weight is 307 g/mol. The first-order valence-electron chi connectivity index (χ1n) is 7.89. The van der Waals surface area contributed by atoms with Gasteiger partial charge < -0.3 is 15.0 Å². The predicted molar refractivity (Wildman–Crippen MR) is 85.2 cm³/mol. The highest BCUT2D eigenvalue weighted by Crippen LogP contribution is 2.06. The molecule has 0 spiro atoms. The molecule has 1 aromatic rings. The van der Waals surface area contributed by atoms with Crippen molar-refractivity contribution >= 4 is 11.9 Å². The lowest BCUT2D eigenvalue weighted by Crippen LogP contribution is -2.41. The minimum Gasteiger partial charge on any atom is -0.379 e. The zero-order valence-electron chi connectivity index (χ0n) is 13.4. The van der Waals surface area contributed by atoms with E-state index in [9.17, 15) is 4.79 Å². The van der Waals surface area contributed by atoms with Crippen molar-refractivity contribution in [2.24, 2.45) is 0 Å². The van der Waals surface area contributed by atoms with E-state index in [4.69, 9.17) is 4.74 Å². The zero-order chi connectivity index (χ0) is 15.8. The van der Waals surface area contributed by atoms with E-state index in [0.29, 0.717) is 18.1 Å². The Labute approximate surface area is 131 Å². The fourth-order valence-electron chi connectivity index (χ4n) is 2.36. The van der Waals surface area contributed by atoms with Crippen molar-refractivity contribution < 1.29 is 9.53 Å². The van der Waals surface area contributed by atoms with Crippen molar-refractivity contribution in [2.75, 3.05) is 57.4 Å². The molecule has 0 aliphatic carbocycles. The van der Waals surface area contributed by atoms with Crippen LogP contribution in [0.4, 0.5) is 5.95 Å². The van der Waals surface area contributed by atoms with Gasteiger partial charge in [-0.2, -0.15) is 0 Å². The van der Waals surface area contributed by atoms with Crippen LogP contribution in [0.25, 0.3) is 0 Å². The van der Waals surface area contributed by atoms with E-state index >= 15 is 0 Å². The lowest BCUT2D eigenvalue weighted by atomic mass is 10.3. The third-order valence-electron chi connectivity index (χ3n) is 3.76. The molecule has 1 aliphatic rings. The van der Waals surface area contributed by atoms with Gasteiger partial charge in [-0.25, -0.2) is 9.97 Å². The standard InChI is InChI=1S/C15H25N5O2/c1-3-20(4-2)15-17-11-13(12-18-15)14(21)16-5-6-19-7-9-22-10-8-19/h11-12H,3-10H2,1-2H3,(H,16,21). The summed E-state index contributed by atoms with van der Waals surface area (Å²) in [6, 6.07) is 0. The molecule has 0 aromatic carbocycles. The summed E-state index contributed by atoms with van der Waals surface area (Å²) in [6.07, 6.45) is 3.18. The molecule has 0 saturated carbocycles. The minimum absolute atomic E-state index is 0.126. The average Bonchev–Trinajstić information content (AvgIpc) is 2.57. The molecular formula is C15H25N5O2. The van der Waals surface area contributed by atoms with Gasteiger partial charge >= 0.3 is 0 Å². The molecule has 1 aromatic heterocycles. The largest absolute Gasteiger partial charge is 0.379 e. The van der Waals surface area contributed by atoms with Crippen molar-refractivity contribution in [1.82, 2.24) is 20.2 Å². The first kappa shape index (κ1) is 16.6. The lowest BCUT2D eigenvalue weighted by molar-refractivity contribution is 0.0383. The smallest absolute Gasteiger partial charge is 0.254 e. The van der Waals surface area contributed by atoms with E-state index in [2.05, 4.69) is 34.0 Å². The number of morpholine rings is 1. The summed E-state index contributed by atoms with van der Waals surface area (Å²) in [5.74, 6) is 0.536. The van der Waals surface area contributed by atoms with Crippen molar-refractivity contribution in [3.8, 4) is 0 Å². The third-order valence-corrected chi connectivity index (χ3v) is 3.76. The fourth-order valence-corrected chi connectivity index (χ4v) is 2.36. The molecule has 1 aliphatic heterocycles. The number of aromatic nitrogens is 2. The van der Waals surface area contributed by atoms with Gasteiger partial charge in [-0.15, -0.1) is 0 Å². The molecule has 22 heavy (non-hydrogen) atoms. The van der Waals surface area contributed by atoms with Gasteiger partial charge in [0.1, 0.15) is 0 Å². The van der Waals surface area contributed by atoms with Gasteiger partial charge in [-0.05, 0) is 13.8 Å².